The summed E-state index contributed by atoms with van der Waals surface area (Å²) < 4.78 is 5.28. The van der Waals surface area contributed by atoms with E-state index in [9.17, 15) is 0 Å². The topological polar surface area (TPSA) is 9.23 Å². The van der Waals surface area contributed by atoms with Crippen molar-refractivity contribution in [3.8, 4) is 0 Å². The zero-order valence-corrected chi connectivity index (χ0v) is 7.23. The maximum atomic E-state index is 5.28. The Morgan fingerprint density at radius 1 is 1.30 bits per heavy atom. The smallest absolute Gasteiger partial charge is 0.0547 e. The summed E-state index contributed by atoms with van der Waals surface area (Å²) in [6.07, 6.45) is 5.26. The Bertz CT molecular complexity index is 59.7. The van der Waals surface area contributed by atoms with Crippen LogP contribution in [0, 0.1) is 6.92 Å². The molecule has 0 aromatic heterocycles. The second-order valence-electron chi connectivity index (χ2n) is 2.74. The van der Waals surface area contributed by atoms with E-state index in [2.05, 4.69) is 13.8 Å². The highest BCUT2D eigenvalue weighted by Gasteiger charge is 1.91. The molecule has 1 heteroatoms. The lowest BCUT2D eigenvalue weighted by Gasteiger charge is -2.05. The van der Waals surface area contributed by atoms with Crippen molar-refractivity contribution in [3.63, 3.8) is 0 Å². The van der Waals surface area contributed by atoms with Gasteiger partial charge in [-0.1, -0.05) is 26.2 Å². The zero-order valence-electron chi connectivity index (χ0n) is 7.23. The molecule has 61 valence electrons. The van der Waals surface area contributed by atoms with Gasteiger partial charge in [0.05, 0.1) is 6.10 Å². The minimum Gasteiger partial charge on any atom is -0.379 e. The highest BCUT2D eigenvalue weighted by Crippen LogP contribution is 1.99. The van der Waals surface area contributed by atoms with E-state index < -0.39 is 0 Å². The van der Waals surface area contributed by atoms with E-state index in [4.69, 9.17) is 4.74 Å². The predicted molar refractivity (Wildman–Crippen MR) is 44.9 cm³/mol. The second kappa shape index (κ2) is 7.07. The number of hydrogen-bond donors (Lipinski definition) is 0. The van der Waals surface area contributed by atoms with Crippen LogP contribution < -0.4 is 0 Å². The molecule has 1 radical (unpaired) electrons. The molecule has 0 N–H and O–H groups in total. The van der Waals surface area contributed by atoms with Gasteiger partial charge in [0.1, 0.15) is 0 Å². The quantitative estimate of drug-likeness (QED) is 0.519. The Balaban J connectivity index is 2.77. The standard InChI is InChI=1S/C9H19O/c1-4-5-6-7-8-10-9(2)3/h9H,2,4-8H2,1,3H3. The van der Waals surface area contributed by atoms with Crippen LogP contribution in [-0.2, 0) is 4.74 Å². The van der Waals surface area contributed by atoms with E-state index in [1.807, 2.05) is 6.92 Å². The molecule has 0 aliphatic carbocycles. The predicted octanol–water partition coefficient (Wildman–Crippen LogP) is 2.81. The monoisotopic (exact) mass is 143 g/mol. The molecule has 10 heavy (non-hydrogen) atoms. The average Bonchev–Trinajstić information content (AvgIpc) is 1.87. The van der Waals surface area contributed by atoms with E-state index in [-0.39, 0.29) is 6.10 Å². The SMILES string of the molecule is [CH2]C(C)OCCCCCC. The lowest BCUT2D eigenvalue weighted by Crippen LogP contribution is -2.03. The third kappa shape index (κ3) is 7.96. The van der Waals surface area contributed by atoms with Crippen molar-refractivity contribution in [2.45, 2.75) is 45.6 Å². The van der Waals surface area contributed by atoms with Gasteiger partial charge in [-0.05, 0) is 20.3 Å². The van der Waals surface area contributed by atoms with Crippen molar-refractivity contribution in [3.05, 3.63) is 6.92 Å². The summed E-state index contributed by atoms with van der Waals surface area (Å²) in [5.74, 6) is 0. The van der Waals surface area contributed by atoms with Crippen LogP contribution in [0.5, 0.6) is 0 Å². The van der Waals surface area contributed by atoms with E-state index >= 15 is 0 Å². The van der Waals surface area contributed by atoms with Gasteiger partial charge in [-0.25, -0.2) is 0 Å². The molecular formula is C9H19O. The maximum absolute atomic E-state index is 5.28. The molecule has 0 rings (SSSR count). The number of hydrogen-bond acceptors (Lipinski definition) is 1. The molecule has 0 amide bonds. The lowest BCUT2D eigenvalue weighted by atomic mass is 10.2. The summed E-state index contributed by atoms with van der Waals surface area (Å²) in [6.45, 7) is 8.80. The third-order valence-electron chi connectivity index (χ3n) is 1.40. The van der Waals surface area contributed by atoms with Crippen LogP contribution in [0.2, 0.25) is 0 Å². The van der Waals surface area contributed by atoms with Gasteiger partial charge in [-0.3, -0.25) is 0 Å². The van der Waals surface area contributed by atoms with Gasteiger partial charge in [-0.15, -0.1) is 0 Å². The van der Waals surface area contributed by atoms with Crippen LogP contribution >= 0.6 is 0 Å². The van der Waals surface area contributed by atoms with E-state index in [1.165, 1.54) is 25.7 Å². The second-order valence-corrected chi connectivity index (χ2v) is 2.74. The largest absolute Gasteiger partial charge is 0.379 e. The summed E-state index contributed by atoms with van der Waals surface area (Å²) in [5, 5.41) is 0. The Kier molecular flexibility index (Phi) is 7.04. The molecular weight excluding hydrogens is 124 g/mol. The first-order valence-corrected chi connectivity index (χ1v) is 4.22. The Labute approximate surface area is 64.8 Å². The van der Waals surface area contributed by atoms with Gasteiger partial charge in [0, 0.05) is 6.61 Å². The Morgan fingerprint density at radius 2 is 2.00 bits per heavy atom. The van der Waals surface area contributed by atoms with Crippen molar-refractivity contribution in [1.82, 2.24) is 0 Å². The summed E-state index contributed by atoms with van der Waals surface area (Å²) in [5.41, 5.74) is 0. The highest BCUT2D eigenvalue weighted by atomic mass is 16.5. The van der Waals surface area contributed by atoms with Crippen LogP contribution in [-0.4, -0.2) is 12.7 Å². The molecule has 0 fully saturated rings. The first kappa shape index (κ1) is 9.96. The first-order valence-electron chi connectivity index (χ1n) is 4.22. The molecule has 0 aromatic carbocycles. The molecule has 0 saturated heterocycles. The van der Waals surface area contributed by atoms with Crippen LogP contribution in [0.15, 0.2) is 0 Å². The van der Waals surface area contributed by atoms with Crippen LogP contribution in [0.25, 0.3) is 0 Å². The van der Waals surface area contributed by atoms with E-state index in [1.54, 1.807) is 0 Å². The van der Waals surface area contributed by atoms with Crippen LogP contribution in [0.4, 0.5) is 0 Å². The van der Waals surface area contributed by atoms with Gasteiger partial charge < -0.3 is 4.74 Å². The van der Waals surface area contributed by atoms with Crippen molar-refractivity contribution in [2.75, 3.05) is 6.61 Å². The van der Waals surface area contributed by atoms with Crippen molar-refractivity contribution in [1.29, 1.82) is 0 Å². The van der Waals surface area contributed by atoms with Crippen LogP contribution in [0.1, 0.15) is 39.5 Å². The normalized spacial score (nSPS) is 10.8. The lowest BCUT2D eigenvalue weighted by molar-refractivity contribution is 0.0922. The fourth-order valence-corrected chi connectivity index (χ4v) is 0.813. The van der Waals surface area contributed by atoms with Gasteiger partial charge in [-0.2, -0.15) is 0 Å². The summed E-state index contributed by atoms with van der Waals surface area (Å²) in [7, 11) is 0. The van der Waals surface area contributed by atoms with E-state index in [0.29, 0.717) is 0 Å². The van der Waals surface area contributed by atoms with Crippen LogP contribution in [0.3, 0.4) is 0 Å². The number of ether oxygens (including phenoxy) is 1. The van der Waals surface area contributed by atoms with Gasteiger partial charge in [0.2, 0.25) is 0 Å². The van der Waals surface area contributed by atoms with Crippen molar-refractivity contribution >= 4 is 0 Å². The zero-order chi connectivity index (χ0) is 7.82. The maximum Gasteiger partial charge on any atom is 0.0547 e. The third-order valence-corrected chi connectivity index (χ3v) is 1.40. The molecule has 0 aliphatic heterocycles. The summed E-state index contributed by atoms with van der Waals surface area (Å²) in [6, 6.07) is 0. The molecule has 1 nitrogen and oxygen atoms in total. The molecule has 1 unspecified atom stereocenters. The first-order chi connectivity index (χ1) is 4.77. The molecule has 0 heterocycles. The van der Waals surface area contributed by atoms with Gasteiger partial charge in [0.15, 0.2) is 0 Å². The minimum atomic E-state index is 0.154. The Hall–Kier alpha value is -0.0400. The average molecular weight is 143 g/mol. The Morgan fingerprint density at radius 3 is 2.50 bits per heavy atom. The van der Waals surface area contributed by atoms with E-state index in [0.717, 1.165) is 6.61 Å². The molecule has 0 saturated carbocycles. The fourth-order valence-electron chi connectivity index (χ4n) is 0.813. The molecule has 0 aromatic rings. The molecule has 0 bridgehead atoms. The number of unbranched alkanes of at least 4 members (excludes halogenated alkanes) is 3. The minimum absolute atomic E-state index is 0.154. The molecule has 1 atom stereocenters. The summed E-state index contributed by atoms with van der Waals surface area (Å²) in [4.78, 5) is 0. The molecule has 0 spiro atoms. The summed E-state index contributed by atoms with van der Waals surface area (Å²) >= 11 is 0. The fraction of sp³-hybridized carbons (Fsp3) is 0.889. The number of rotatable bonds is 6. The van der Waals surface area contributed by atoms with Crippen molar-refractivity contribution < 1.29 is 4.74 Å². The van der Waals surface area contributed by atoms with Gasteiger partial charge in [0.25, 0.3) is 0 Å². The highest BCUT2D eigenvalue weighted by molar-refractivity contribution is 4.49. The molecule has 0 aliphatic rings. The van der Waals surface area contributed by atoms with Gasteiger partial charge >= 0.3 is 0 Å². The van der Waals surface area contributed by atoms with Crippen molar-refractivity contribution in [2.24, 2.45) is 0 Å².